The van der Waals surface area contributed by atoms with Crippen molar-refractivity contribution in [2.45, 2.75) is 19.1 Å². The van der Waals surface area contributed by atoms with Crippen LogP contribution in [-0.4, -0.2) is 44.3 Å². The van der Waals surface area contributed by atoms with Gasteiger partial charge in [0.05, 0.1) is 18.8 Å². The zero-order valence-electron chi connectivity index (χ0n) is 11.3. The van der Waals surface area contributed by atoms with E-state index in [-0.39, 0.29) is 12.1 Å². The predicted molar refractivity (Wildman–Crippen MR) is 82.8 cm³/mol. The third-order valence-electron chi connectivity index (χ3n) is 3.48. The molecular weight excluding hydrogens is 328 g/mol. The lowest BCUT2D eigenvalue weighted by Gasteiger charge is -2.40. The van der Waals surface area contributed by atoms with Crippen LogP contribution in [0.4, 0.5) is 0 Å². The summed E-state index contributed by atoms with van der Waals surface area (Å²) in [5, 5.41) is 4.16. The van der Waals surface area contributed by atoms with E-state index in [0.29, 0.717) is 0 Å². The van der Waals surface area contributed by atoms with Crippen molar-refractivity contribution in [2.75, 3.05) is 33.3 Å². The van der Waals surface area contributed by atoms with Crippen LogP contribution in [0.2, 0.25) is 5.02 Å². The van der Waals surface area contributed by atoms with Crippen molar-refractivity contribution >= 4 is 27.5 Å². The second-order valence-electron chi connectivity index (χ2n) is 4.81. The quantitative estimate of drug-likeness (QED) is 0.906. The molecule has 0 bridgehead atoms. The minimum absolute atomic E-state index is 0.130. The summed E-state index contributed by atoms with van der Waals surface area (Å²) in [7, 11) is 2.13. The second-order valence-corrected chi connectivity index (χ2v) is 6.13. The first-order chi connectivity index (χ1) is 9.13. The summed E-state index contributed by atoms with van der Waals surface area (Å²) < 4.78 is 6.98. The lowest BCUT2D eigenvalue weighted by atomic mass is 9.98. The molecule has 2 rings (SSSR count). The highest BCUT2D eigenvalue weighted by Gasteiger charge is 2.32. The summed E-state index contributed by atoms with van der Waals surface area (Å²) in [5.74, 6) is 0. The summed E-state index contributed by atoms with van der Waals surface area (Å²) in [6, 6.07) is 6.19. The zero-order chi connectivity index (χ0) is 13.8. The average molecular weight is 348 g/mol. The van der Waals surface area contributed by atoms with Gasteiger partial charge < -0.3 is 10.1 Å². The Balaban J connectivity index is 2.27. The molecule has 1 aliphatic heterocycles. The van der Waals surface area contributed by atoms with Crippen molar-refractivity contribution in [3.05, 3.63) is 33.3 Å². The van der Waals surface area contributed by atoms with E-state index >= 15 is 0 Å². The Bertz CT molecular complexity index is 430. The molecule has 0 radical (unpaired) electrons. The number of ether oxygens (including phenoxy) is 1. The van der Waals surface area contributed by atoms with Gasteiger partial charge in [-0.2, -0.15) is 0 Å². The van der Waals surface area contributed by atoms with Gasteiger partial charge in [0, 0.05) is 22.6 Å². The number of hydrogen-bond donors (Lipinski definition) is 1. The van der Waals surface area contributed by atoms with Crippen molar-refractivity contribution in [2.24, 2.45) is 0 Å². The van der Waals surface area contributed by atoms with E-state index in [2.05, 4.69) is 46.2 Å². The normalized spacial score (nSPS) is 24.6. The molecule has 0 saturated carbocycles. The Kier molecular flexibility index (Phi) is 5.66. The van der Waals surface area contributed by atoms with Crippen LogP contribution in [0, 0.1) is 0 Å². The molecular formula is C14H20BrClN2O. The van der Waals surface area contributed by atoms with Crippen LogP contribution in [-0.2, 0) is 4.74 Å². The van der Waals surface area contributed by atoms with Crippen molar-refractivity contribution in [1.82, 2.24) is 10.2 Å². The molecule has 1 fully saturated rings. The first-order valence-electron chi connectivity index (χ1n) is 6.61. The third kappa shape index (κ3) is 3.70. The van der Waals surface area contributed by atoms with Crippen molar-refractivity contribution < 1.29 is 4.74 Å². The molecule has 2 unspecified atom stereocenters. The number of hydrogen-bond acceptors (Lipinski definition) is 3. The van der Waals surface area contributed by atoms with Gasteiger partial charge in [-0.1, -0.05) is 34.5 Å². The van der Waals surface area contributed by atoms with Gasteiger partial charge in [-0.25, -0.2) is 0 Å². The number of rotatable bonds is 4. The van der Waals surface area contributed by atoms with E-state index in [1.807, 2.05) is 12.1 Å². The Labute approximate surface area is 128 Å². The number of likely N-dealkylation sites (N-methyl/N-ethyl adjacent to an activating group) is 2. The second kappa shape index (κ2) is 7.04. The minimum Gasteiger partial charge on any atom is -0.374 e. The van der Waals surface area contributed by atoms with Crippen LogP contribution in [0.15, 0.2) is 22.7 Å². The molecule has 0 aliphatic carbocycles. The zero-order valence-corrected chi connectivity index (χ0v) is 13.7. The predicted octanol–water partition coefficient (Wildman–Crippen LogP) is 3.08. The highest BCUT2D eigenvalue weighted by molar-refractivity contribution is 9.10. The molecule has 1 saturated heterocycles. The summed E-state index contributed by atoms with van der Waals surface area (Å²) in [4.78, 5) is 2.32. The van der Waals surface area contributed by atoms with Crippen LogP contribution in [0.3, 0.4) is 0 Å². The SMILES string of the molecule is CCNCC1OCCN(C)C1c1cc(Br)ccc1Cl. The summed E-state index contributed by atoms with van der Waals surface area (Å²) in [6.07, 6.45) is 0.130. The third-order valence-corrected chi connectivity index (χ3v) is 4.31. The van der Waals surface area contributed by atoms with Gasteiger partial charge in [-0.15, -0.1) is 0 Å². The lowest BCUT2D eigenvalue weighted by molar-refractivity contribution is -0.0611. The maximum absolute atomic E-state index is 6.37. The minimum atomic E-state index is 0.130. The fourth-order valence-electron chi connectivity index (χ4n) is 2.50. The Hall–Kier alpha value is -0.130. The van der Waals surface area contributed by atoms with Gasteiger partial charge in [-0.3, -0.25) is 4.90 Å². The van der Waals surface area contributed by atoms with Crippen LogP contribution in [0.5, 0.6) is 0 Å². The topological polar surface area (TPSA) is 24.5 Å². The van der Waals surface area contributed by atoms with Gasteiger partial charge in [0.25, 0.3) is 0 Å². The van der Waals surface area contributed by atoms with E-state index in [4.69, 9.17) is 16.3 Å². The van der Waals surface area contributed by atoms with Crippen molar-refractivity contribution in [3.63, 3.8) is 0 Å². The first kappa shape index (κ1) is 15.3. The van der Waals surface area contributed by atoms with Crippen molar-refractivity contribution in [3.8, 4) is 0 Å². The molecule has 5 heteroatoms. The van der Waals surface area contributed by atoms with Crippen LogP contribution in [0.25, 0.3) is 0 Å². The van der Waals surface area contributed by atoms with Gasteiger partial charge in [-0.05, 0) is 37.4 Å². The molecule has 0 spiro atoms. The number of nitrogens with zero attached hydrogens (tertiary/aromatic N) is 1. The number of nitrogens with one attached hydrogen (secondary N) is 1. The molecule has 0 aromatic heterocycles. The molecule has 2 atom stereocenters. The van der Waals surface area contributed by atoms with Crippen LogP contribution in [0.1, 0.15) is 18.5 Å². The summed E-state index contributed by atoms with van der Waals surface area (Å²) in [6.45, 7) is 5.59. The Morgan fingerprint density at radius 2 is 2.32 bits per heavy atom. The highest BCUT2D eigenvalue weighted by atomic mass is 79.9. The molecule has 0 amide bonds. The molecule has 1 aromatic rings. The monoisotopic (exact) mass is 346 g/mol. The molecule has 3 nitrogen and oxygen atoms in total. The number of morpholine rings is 1. The van der Waals surface area contributed by atoms with Crippen LogP contribution < -0.4 is 5.32 Å². The van der Waals surface area contributed by atoms with Crippen molar-refractivity contribution in [1.29, 1.82) is 0 Å². The highest BCUT2D eigenvalue weighted by Crippen LogP contribution is 2.34. The lowest BCUT2D eigenvalue weighted by Crippen LogP contribution is -2.47. The smallest absolute Gasteiger partial charge is 0.0896 e. The summed E-state index contributed by atoms with van der Waals surface area (Å²) in [5.41, 5.74) is 1.13. The first-order valence-corrected chi connectivity index (χ1v) is 7.78. The van der Waals surface area contributed by atoms with Gasteiger partial charge in [0.1, 0.15) is 0 Å². The Morgan fingerprint density at radius 3 is 3.05 bits per heavy atom. The van der Waals surface area contributed by atoms with Gasteiger partial charge in [0.15, 0.2) is 0 Å². The van der Waals surface area contributed by atoms with E-state index in [1.54, 1.807) is 0 Å². The van der Waals surface area contributed by atoms with E-state index in [1.165, 1.54) is 0 Å². The fourth-order valence-corrected chi connectivity index (χ4v) is 3.11. The van der Waals surface area contributed by atoms with Gasteiger partial charge in [0.2, 0.25) is 0 Å². The Morgan fingerprint density at radius 1 is 1.53 bits per heavy atom. The number of benzene rings is 1. The van der Waals surface area contributed by atoms with Crippen LogP contribution >= 0.6 is 27.5 Å². The molecule has 1 aromatic carbocycles. The molecule has 19 heavy (non-hydrogen) atoms. The molecule has 1 aliphatic rings. The average Bonchev–Trinajstić information content (AvgIpc) is 2.39. The number of halogens is 2. The van der Waals surface area contributed by atoms with E-state index < -0.39 is 0 Å². The molecule has 1 N–H and O–H groups in total. The maximum atomic E-state index is 6.37. The van der Waals surface area contributed by atoms with E-state index in [9.17, 15) is 0 Å². The fraction of sp³-hybridized carbons (Fsp3) is 0.571. The maximum Gasteiger partial charge on any atom is 0.0896 e. The van der Waals surface area contributed by atoms with E-state index in [0.717, 1.165) is 41.3 Å². The standard InChI is InChI=1S/C14H20BrClN2O/c1-3-17-9-13-14(18(2)6-7-19-13)11-8-10(15)4-5-12(11)16/h4-5,8,13-14,17H,3,6-7,9H2,1-2H3. The van der Waals surface area contributed by atoms with Gasteiger partial charge >= 0.3 is 0 Å². The largest absolute Gasteiger partial charge is 0.374 e. The summed E-state index contributed by atoms with van der Waals surface area (Å²) >= 11 is 9.89. The molecule has 106 valence electrons. The molecule has 1 heterocycles.